The number of rotatable bonds is 6. The second kappa shape index (κ2) is 6.58. The summed E-state index contributed by atoms with van der Waals surface area (Å²) in [6.45, 7) is 2.01. The molecule has 2 amide bonds. The highest BCUT2D eigenvalue weighted by molar-refractivity contribution is 5.82. The molecule has 0 aliphatic heterocycles. The average molecular weight is 255 g/mol. The lowest BCUT2D eigenvalue weighted by molar-refractivity contribution is -0.139. The first-order valence-corrected chi connectivity index (χ1v) is 5.64. The van der Waals surface area contributed by atoms with Crippen molar-refractivity contribution in [3.05, 3.63) is 12.2 Å². The van der Waals surface area contributed by atoms with E-state index in [9.17, 15) is 9.59 Å². The summed E-state index contributed by atoms with van der Waals surface area (Å²) in [7, 11) is 1.72. The highest BCUT2D eigenvalue weighted by Gasteiger charge is 2.18. The zero-order valence-electron chi connectivity index (χ0n) is 10.4. The maximum absolute atomic E-state index is 11.5. The van der Waals surface area contributed by atoms with Gasteiger partial charge in [0.1, 0.15) is 12.4 Å². The van der Waals surface area contributed by atoms with E-state index in [-0.39, 0.29) is 6.54 Å². The third-order valence-corrected chi connectivity index (χ3v) is 2.23. The van der Waals surface area contributed by atoms with Gasteiger partial charge in [0.15, 0.2) is 5.82 Å². The Bertz CT molecular complexity index is 417. The highest BCUT2D eigenvalue weighted by atomic mass is 16.4. The lowest BCUT2D eigenvalue weighted by Crippen LogP contribution is -2.45. The molecule has 0 bridgehead atoms. The summed E-state index contributed by atoms with van der Waals surface area (Å²) < 4.78 is 1.52. The summed E-state index contributed by atoms with van der Waals surface area (Å²) >= 11 is 0. The molecule has 0 radical (unpaired) electrons. The Hall–Kier alpha value is -2.12. The molecule has 3 N–H and O–H groups in total. The fourth-order valence-electron chi connectivity index (χ4n) is 1.38. The fraction of sp³-hybridized carbons (Fsp3) is 0.600. The minimum absolute atomic E-state index is 0.158. The van der Waals surface area contributed by atoms with Gasteiger partial charge in [-0.3, -0.25) is 4.68 Å². The van der Waals surface area contributed by atoms with E-state index in [2.05, 4.69) is 20.7 Å². The Balaban J connectivity index is 2.38. The number of aliphatic carboxylic acids is 1. The smallest absolute Gasteiger partial charge is 0.326 e. The SMILES string of the molecule is CCC[C@@H](NC(=O)NCc1ncn(C)n1)C(=O)O. The van der Waals surface area contributed by atoms with Crippen LogP contribution in [0.5, 0.6) is 0 Å². The molecule has 1 rings (SSSR count). The van der Waals surface area contributed by atoms with Crippen LogP contribution in [-0.2, 0) is 18.4 Å². The summed E-state index contributed by atoms with van der Waals surface area (Å²) in [4.78, 5) is 26.2. The number of aryl methyl sites for hydroxylation is 1. The molecule has 0 aliphatic rings. The minimum atomic E-state index is -1.04. The van der Waals surface area contributed by atoms with Gasteiger partial charge in [-0.2, -0.15) is 5.10 Å². The second-order valence-electron chi connectivity index (χ2n) is 3.84. The van der Waals surface area contributed by atoms with Crippen LogP contribution >= 0.6 is 0 Å². The molecule has 18 heavy (non-hydrogen) atoms. The number of amides is 2. The van der Waals surface area contributed by atoms with Gasteiger partial charge in [-0.15, -0.1) is 0 Å². The van der Waals surface area contributed by atoms with Crippen LogP contribution in [0.25, 0.3) is 0 Å². The normalized spacial score (nSPS) is 11.9. The van der Waals surface area contributed by atoms with Gasteiger partial charge in [0.05, 0.1) is 6.54 Å². The topological polar surface area (TPSA) is 109 Å². The number of hydrogen-bond donors (Lipinski definition) is 3. The Morgan fingerprint density at radius 2 is 2.28 bits per heavy atom. The standard InChI is InChI=1S/C10H17N5O3/c1-3-4-7(9(16)17)13-10(18)11-5-8-12-6-15(2)14-8/h6-7H,3-5H2,1-2H3,(H,16,17)(H2,11,13,18)/t7-/m1/s1. The van der Waals surface area contributed by atoms with E-state index in [1.807, 2.05) is 6.92 Å². The van der Waals surface area contributed by atoms with E-state index in [1.165, 1.54) is 11.0 Å². The van der Waals surface area contributed by atoms with Crippen LogP contribution in [0.2, 0.25) is 0 Å². The van der Waals surface area contributed by atoms with E-state index >= 15 is 0 Å². The van der Waals surface area contributed by atoms with Crippen molar-refractivity contribution in [1.82, 2.24) is 25.4 Å². The van der Waals surface area contributed by atoms with Gasteiger partial charge in [0.2, 0.25) is 0 Å². The van der Waals surface area contributed by atoms with Crippen LogP contribution in [0.1, 0.15) is 25.6 Å². The van der Waals surface area contributed by atoms with Crippen LogP contribution in [0.3, 0.4) is 0 Å². The van der Waals surface area contributed by atoms with Crippen LogP contribution < -0.4 is 10.6 Å². The molecular weight excluding hydrogens is 238 g/mol. The average Bonchev–Trinajstić information content (AvgIpc) is 2.72. The third-order valence-electron chi connectivity index (χ3n) is 2.23. The number of nitrogens with zero attached hydrogens (tertiary/aromatic N) is 3. The monoisotopic (exact) mass is 255 g/mol. The summed E-state index contributed by atoms with van der Waals surface area (Å²) in [6, 6.07) is -1.41. The van der Waals surface area contributed by atoms with Crippen LogP contribution in [0.4, 0.5) is 4.79 Å². The van der Waals surface area contributed by atoms with E-state index in [4.69, 9.17) is 5.11 Å². The third kappa shape index (κ3) is 4.40. The van der Waals surface area contributed by atoms with Crippen molar-refractivity contribution in [2.24, 2.45) is 7.05 Å². The molecule has 1 atom stereocenters. The number of urea groups is 1. The number of nitrogens with one attached hydrogen (secondary N) is 2. The molecule has 1 aromatic heterocycles. The number of hydrogen-bond acceptors (Lipinski definition) is 4. The van der Waals surface area contributed by atoms with Crippen molar-refractivity contribution in [3.63, 3.8) is 0 Å². The number of carboxylic acids is 1. The Labute approximate surface area is 104 Å². The number of aromatic nitrogens is 3. The number of carboxylic acid groups (broad SMARTS) is 1. The second-order valence-corrected chi connectivity index (χ2v) is 3.84. The van der Waals surface area contributed by atoms with Crippen LogP contribution in [0, 0.1) is 0 Å². The molecule has 0 unspecified atom stereocenters. The molecule has 1 aromatic rings. The largest absolute Gasteiger partial charge is 0.480 e. The highest BCUT2D eigenvalue weighted by Crippen LogP contribution is 1.96. The number of carbonyl (C=O) groups excluding carboxylic acids is 1. The van der Waals surface area contributed by atoms with Gasteiger partial charge in [-0.1, -0.05) is 13.3 Å². The molecule has 8 heteroatoms. The maximum Gasteiger partial charge on any atom is 0.326 e. The molecule has 100 valence electrons. The Morgan fingerprint density at radius 3 is 2.78 bits per heavy atom. The molecule has 0 saturated heterocycles. The van der Waals surface area contributed by atoms with Crippen LogP contribution in [-0.4, -0.2) is 37.9 Å². The van der Waals surface area contributed by atoms with E-state index in [0.717, 1.165) is 0 Å². The first-order valence-electron chi connectivity index (χ1n) is 5.64. The molecule has 0 aliphatic carbocycles. The quantitative estimate of drug-likeness (QED) is 0.656. The summed E-state index contributed by atoms with van der Waals surface area (Å²) in [6.07, 6.45) is 2.59. The van der Waals surface area contributed by atoms with Gasteiger partial charge < -0.3 is 15.7 Å². The van der Waals surface area contributed by atoms with Crippen molar-refractivity contribution >= 4 is 12.0 Å². The van der Waals surface area contributed by atoms with Crippen molar-refractivity contribution in [3.8, 4) is 0 Å². The lowest BCUT2D eigenvalue weighted by atomic mass is 10.2. The minimum Gasteiger partial charge on any atom is -0.480 e. The van der Waals surface area contributed by atoms with Crippen LogP contribution in [0.15, 0.2) is 6.33 Å². The van der Waals surface area contributed by atoms with E-state index in [1.54, 1.807) is 7.05 Å². The summed E-state index contributed by atoms with van der Waals surface area (Å²) in [5, 5.41) is 17.7. The fourth-order valence-corrected chi connectivity index (χ4v) is 1.38. The molecule has 0 aromatic carbocycles. The van der Waals surface area contributed by atoms with Gasteiger partial charge in [-0.05, 0) is 6.42 Å². The molecule has 0 spiro atoms. The Kier molecular flexibility index (Phi) is 5.09. The first-order chi connectivity index (χ1) is 8.52. The molecule has 8 nitrogen and oxygen atoms in total. The van der Waals surface area contributed by atoms with Crippen molar-refractivity contribution in [1.29, 1.82) is 0 Å². The summed E-state index contributed by atoms with van der Waals surface area (Å²) in [5.41, 5.74) is 0. The molecule has 0 saturated carbocycles. The molecule has 1 heterocycles. The van der Waals surface area contributed by atoms with Crippen molar-refractivity contribution in [2.75, 3.05) is 0 Å². The van der Waals surface area contributed by atoms with E-state index < -0.39 is 18.0 Å². The molecular formula is C10H17N5O3. The lowest BCUT2D eigenvalue weighted by Gasteiger charge is -2.13. The van der Waals surface area contributed by atoms with Crippen molar-refractivity contribution < 1.29 is 14.7 Å². The van der Waals surface area contributed by atoms with Gasteiger partial charge in [0.25, 0.3) is 0 Å². The molecule has 0 fully saturated rings. The first kappa shape index (κ1) is 13.9. The number of carbonyl (C=O) groups is 2. The van der Waals surface area contributed by atoms with E-state index in [0.29, 0.717) is 18.7 Å². The van der Waals surface area contributed by atoms with Gasteiger partial charge in [-0.25, -0.2) is 14.6 Å². The van der Waals surface area contributed by atoms with Gasteiger partial charge in [0, 0.05) is 7.05 Å². The predicted molar refractivity (Wildman–Crippen MR) is 62.7 cm³/mol. The Morgan fingerprint density at radius 1 is 1.56 bits per heavy atom. The zero-order valence-corrected chi connectivity index (χ0v) is 10.4. The zero-order chi connectivity index (χ0) is 13.5. The maximum atomic E-state index is 11.5. The predicted octanol–water partition coefficient (Wildman–Crippen LogP) is -0.132. The van der Waals surface area contributed by atoms with Crippen molar-refractivity contribution in [2.45, 2.75) is 32.4 Å². The van der Waals surface area contributed by atoms with Gasteiger partial charge >= 0.3 is 12.0 Å². The summed E-state index contributed by atoms with van der Waals surface area (Å²) in [5.74, 6) is -0.571.